The third-order valence-corrected chi connectivity index (χ3v) is 24.4. The zero-order valence-corrected chi connectivity index (χ0v) is 77.8. The summed E-state index contributed by atoms with van der Waals surface area (Å²) in [7, 11) is 4.26. The van der Waals surface area contributed by atoms with Crippen LogP contribution in [0, 0.1) is 23.7 Å². The van der Waals surface area contributed by atoms with E-state index in [1.807, 2.05) is 0 Å². The van der Waals surface area contributed by atoms with Crippen LogP contribution in [0.4, 0.5) is 0 Å². The second-order valence-electron chi connectivity index (χ2n) is 35.6. The van der Waals surface area contributed by atoms with Crippen molar-refractivity contribution < 1.29 is 38.1 Å². The monoisotopic (exact) mass is 1610 g/mol. The lowest BCUT2D eigenvalue weighted by Gasteiger charge is -2.30. The summed E-state index contributed by atoms with van der Waals surface area (Å²) in [6, 6.07) is 0. The van der Waals surface area contributed by atoms with E-state index in [1.165, 1.54) is 211 Å². The highest BCUT2D eigenvalue weighted by Crippen LogP contribution is 2.26. The van der Waals surface area contributed by atoms with Crippen LogP contribution in [0.5, 0.6) is 0 Å². The molecule has 14 nitrogen and oxygen atoms in total. The molecule has 0 amide bonds. The van der Waals surface area contributed by atoms with Gasteiger partial charge in [-0.05, 0) is 143 Å². The molecule has 0 bridgehead atoms. The first-order valence-electron chi connectivity index (χ1n) is 50.4. The van der Waals surface area contributed by atoms with Crippen molar-refractivity contribution in [3.63, 3.8) is 0 Å². The maximum atomic E-state index is 13.6. The molecule has 1 aromatic rings. The van der Waals surface area contributed by atoms with Crippen LogP contribution < -0.4 is 0 Å². The van der Waals surface area contributed by atoms with Crippen LogP contribution in [0.1, 0.15) is 472 Å². The van der Waals surface area contributed by atoms with Crippen LogP contribution >= 0.6 is 0 Å². The molecule has 0 aliphatic carbocycles. The van der Waals surface area contributed by atoms with E-state index in [9.17, 15) is 19.2 Å². The summed E-state index contributed by atoms with van der Waals surface area (Å²) in [4.78, 5) is 64.8. The fourth-order valence-corrected chi connectivity index (χ4v) is 16.5. The quantitative estimate of drug-likeness (QED) is 0.0348. The number of hydrogen-bond acceptors (Lipinski definition) is 13. The smallest absolute Gasteiger partial charge is 0.308 e. The Morgan fingerprint density at radius 3 is 0.728 bits per heavy atom. The summed E-state index contributed by atoms with van der Waals surface area (Å²) >= 11 is 0. The van der Waals surface area contributed by atoms with Gasteiger partial charge in [0.15, 0.2) is 0 Å². The molecule has 4 atom stereocenters. The number of aromatic nitrogens is 2. The van der Waals surface area contributed by atoms with Crippen molar-refractivity contribution >= 4 is 23.9 Å². The zero-order valence-electron chi connectivity index (χ0n) is 77.8. The predicted molar refractivity (Wildman–Crippen MR) is 488 cm³/mol. The molecular formula is C100H194N6O8. The molecule has 4 unspecified atom stereocenters. The fraction of sp³-hybridized carbons (Fsp3) is 0.930. The molecule has 672 valence electrons. The molecule has 0 fully saturated rings. The van der Waals surface area contributed by atoms with Gasteiger partial charge in [0.2, 0.25) is 0 Å². The van der Waals surface area contributed by atoms with E-state index in [4.69, 9.17) is 24.0 Å². The molecule has 0 spiro atoms. The molecule has 14 heteroatoms. The van der Waals surface area contributed by atoms with Gasteiger partial charge in [0.25, 0.3) is 0 Å². The number of nitrogens with zero attached hydrogens (tertiary/aromatic N) is 6. The van der Waals surface area contributed by atoms with E-state index in [0.29, 0.717) is 26.4 Å². The van der Waals surface area contributed by atoms with E-state index in [-0.39, 0.29) is 47.5 Å². The number of unbranched alkanes of at least 4 members (excludes halogenated alkanes) is 44. The number of ether oxygens (including phenoxy) is 4. The molecule has 1 heterocycles. The Hall–Kier alpha value is -3.07. The van der Waals surface area contributed by atoms with Gasteiger partial charge in [-0.15, -0.1) is 0 Å². The van der Waals surface area contributed by atoms with Crippen molar-refractivity contribution in [2.45, 2.75) is 479 Å². The highest BCUT2D eigenvalue weighted by molar-refractivity contribution is 5.73. The van der Waals surface area contributed by atoms with Crippen molar-refractivity contribution in [2.24, 2.45) is 23.7 Å². The van der Waals surface area contributed by atoms with Gasteiger partial charge in [-0.25, -0.2) is 0 Å². The molecule has 1 aromatic heterocycles. The number of esters is 4. The first kappa shape index (κ1) is 109. The molecule has 0 aromatic carbocycles. The average Bonchev–Trinajstić information content (AvgIpc) is 1.81. The first-order chi connectivity index (χ1) is 55.9. The van der Waals surface area contributed by atoms with E-state index in [2.05, 4.69) is 106 Å². The van der Waals surface area contributed by atoms with E-state index in [1.54, 1.807) is 0 Å². The van der Waals surface area contributed by atoms with Crippen molar-refractivity contribution in [3.8, 4) is 0 Å². The molecule has 0 radical (unpaired) electrons. The van der Waals surface area contributed by atoms with Gasteiger partial charge in [0.05, 0.1) is 62.8 Å². The zero-order chi connectivity index (χ0) is 82.9. The highest BCUT2D eigenvalue weighted by Gasteiger charge is 2.24. The van der Waals surface area contributed by atoms with Crippen LogP contribution in [0.3, 0.4) is 0 Å². The number of hydrogen-bond donors (Lipinski definition) is 0. The van der Waals surface area contributed by atoms with E-state index >= 15 is 0 Å². The third-order valence-electron chi connectivity index (χ3n) is 24.4. The number of rotatable bonds is 91. The van der Waals surface area contributed by atoms with E-state index in [0.717, 1.165) is 277 Å². The van der Waals surface area contributed by atoms with Crippen LogP contribution in [-0.2, 0) is 51.2 Å². The molecule has 0 aliphatic rings. The minimum Gasteiger partial charge on any atom is -0.465 e. The highest BCUT2D eigenvalue weighted by atomic mass is 16.5. The van der Waals surface area contributed by atoms with Gasteiger partial charge in [0.1, 0.15) is 0 Å². The van der Waals surface area contributed by atoms with Crippen LogP contribution in [0.15, 0.2) is 12.4 Å². The molecule has 0 aliphatic heterocycles. The maximum absolute atomic E-state index is 13.6. The Morgan fingerprint density at radius 2 is 0.482 bits per heavy atom. The molecular weight excluding hydrogens is 1410 g/mol. The molecule has 1 rings (SSSR count). The minimum atomic E-state index is 0.0432. The topological polar surface area (TPSA) is 136 Å². The minimum absolute atomic E-state index is 0.0432. The Labute approximate surface area is 708 Å². The van der Waals surface area contributed by atoms with Crippen molar-refractivity contribution in [2.75, 3.05) is 99.4 Å². The van der Waals surface area contributed by atoms with Gasteiger partial charge in [0, 0.05) is 51.0 Å². The summed E-state index contributed by atoms with van der Waals surface area (Å²) < 4.78 is 26.5. The molecule has 0 N–H and O–H groups in total. The van der Waals surface area contributed by atoms with Crippen molar-refractivity contribution in [3.05, 3.63) is 18.0 Å². The van der Waals surface area contributed by atoms with E-state index < -0.39 is 0 Å². The molecule has 0 saturated carbocycles. The van der Waals surface area contributed by atoms with Gasteiger partial charge in [-0.1, -0.05) is 364 Å². The Bertz CT molecular complexity index is 1970. The van der Waals surface area contributed by atoms with Gasteiger partial charge < -0.3 is 33.6 Å². The second kappa shape index (κ2) is 83.6. The van der Waals surface area contributed by atoms with Crippen LogP contribution in [0.25, 0.3) is 0 Å². The maximum Gasteiger partial charge on any atom is 0.308 e. The van der Waals surface area contributed by atoms with Crippen LogP contribution in [0.2, 0.25) is 0 Å². The Balaban J connectivity index is 3.41. The van der Waals surface area contributed by atoms with Crippen LogP contribution in [-0.4, -0.2) is 153 Å². The fourth-order valence-electron chi connectivity index (χ4n) is 16.5. The Morgan fingerprint density at radius 1 is 0.272 bits per heavy atom. The average molecular weight is 1610 g/mol. The summed E-state index contributed by atoms with van der Waals surface area (Å²) in [5.74, 6) is 0.363. The van der Waals surface area contributed by atoms with Crippen molar-refractivity contribution in [1.82, 2.24) is 29.4 Å². The third kappa shape index (κ3) is 67.7. The normalized spacial score (nSPS) is 12.9. The summed E-state index contributed by atoms with van der Waals surface area (Å²) in [5, 5.41) is 4.88. The summed E-state index contributed by atoms with van der Waals surface area (Å²) in [5.41, 5.74) is 1.26. The lowest BCUT2D eigenvalue weighted by Crippen LogP contribution is -2.40. The SMILES string of the molecule is CCCCCCCCC(CCCCCC)C(=O)OCCCCCCN(CCCCCCOC(=O)C(CCCCCC)CCCCCCCC)CCN(CCN(CCCCCCOC(=O)C(CCCCCC)CCCCCCCC)CCCCCCOC(=O)C(CCCCCC)CCCCCCCC)Cc1cnn(CCN(C)C)c1. The second-order valence-corrected chi connectivity index (χ2v) is 35.6. The van der Waals surface area contributed by atoms with Gasteiger partial charge in [-0.2, -0.15) is 5.10 Å². The van der Waals surface area contributed by atoms with Crippen molar-refractivity contribution in [1.29, 1.82) is 0 Å². The largest absolute Gasteiger partial charge is 0.465 e. The summed E-state index contributed by atoms with van der Waals surface area (Å²) in [6.07, 6.45) is 78.1. The number of carbonyl (C=O) groups excluding carboxylic acids is 4. The predicted octanol–water partition coefficient (Wildman–Crippen LogP) is 27.6. The summed E-state index contributed by atoms with van der Waals surface area (Å²) in [6.45, 7) is 31.0. The first-order valence-corrected chi connectivity index (χ1v) is 50.4. The standard InChI is InChI=1S/C100H194N6O8/c1-11-19-27-35-39-55-71-93(67-51-31-23-15-5)97(107)111-85-63-47-43-59-75-103(76-60-44-48-64-86-112-98(108)94(68-52-32-24-16-6)72-56-40-36-28-20-12-2)80-82-105(90-92-89-101-106(91-92)84-79-102(9)10)83-81-104(77-61-45-49-65-87-113-99(109)95(69-53-33-25-17-7)73-57-41-37-29-21-13-3)78-62-46-50-66-88-114-100(110)96(70-54-34-26-18-8)74-58-42-38-30-22-14-4/h89,91,93-96H,11-88,90H2,1-10H3. The lowest BCUT2D eigenvalue weighted by molar-refractivity contribution is -0.150. The number of carbonyl (C=O) groups is 4. The molecule has 0 saturated heterocycles. The Kier molecular flexibility index (Phi) is 79.9. The van der Waals surface area contributed by atoms with Gasteiger partial charge in [-0.3, -0.25) is 28.8 Å². The van der Waals surface area contributed by atoms with Gasteiger partial charge >= 0.3 is 23.9 Å². The molecule has 114 heavy (non-hydrogen) atoms. The number of likely N-dealkylation sites (N-methyl/N-ethyl adjacent to an activating group) is 1. The lowest BCUT2D eigenvalue weighted by atomic mass is 9.94.